The summed E-state index contributed by atoms with van der Waals surface area (Å²) in [6, 6.07) is -2.37. The molecular weight excluding hydrogens is 328 g/mol. The molecule has 0 aromatic carbocycles. The molecule has 1 heterocycles. The number of nitrogens with two attached hydrogens (primary N) is 1. The fraction of sp³-hybridized carbons (Fsp3) is 0.750. The fourth-order valence-electron chi connectivity index (χ4n) is 2.74. The van der Waals surface area contributed by atoms with E-state index in [2.05, 4.69) is 10.6 Å². The molecule has 0 unspecified atom stereocenters. The maximum absolute atomic E-state index is 12.1. The first-order valence-electron chi connectivity index (χ1n) is 8.49. The number of carboxylic acid groups (broad SMARTS) is 1. The van der Waals surface area contributed by atoms with Gasteiger partial charge in [-0.2, -0.15) is 0 Å². The Morgan fingerprint density at radius 2 is 1.84 bits per heavy atom. The number of hydrogen-bond donors (Lipinski definition) is 4. The van der Waals surface area contributed by atoms with Crippen LogP contribution < -0.4 is 16.4 Å². The Bertz CT molecular complexity index is 523. The van der Waals surface area contributed by atoms with Gasteiger partial charge in [0, 0.05) is 6.54 Å². The Labute approximate surface area is 147 Å². The minimum Gasteiger partial charge on any atom is -0.480 e. The van der Waals surface area contributed by atoms with Gasteiger partial charge < -0.3 is 26.4 Å². The van der Waals surface area contributed by atoms with Crippen molar-refractivity contribution in [3.8, 4) is 0 Å². The monoisotopic (exact) mass is 356 g/mol. The van der Waals surface area contributed by atoms with E-state index in [4.69, 9.17) is 10.8 Å². The van der Waals surface area contributed by atoms with Gasteiger partial charge in [0.15, 0.2) is 0 Å². The van der Waals surface area contributed by atoms with E-state index in [1.165, 1.54) is 11.8 Å². The molecule has 0 aliphatic carbocycles. The highest BCUT2D eigenvalue weighted by molar-refractivity contribution is 5.92. The number of aliphatic carboxylic acids is 1. The Hall–Kier alpha value is -2.16. The highest BCUT2D eigenvalue weighted by Gasteiger charge is 2.34. The first-order valence-corrected chi connectivity index (χ1v) is 8.49. The molecular formula is C16H28N4O5. The summed E-state index contributed by atoms with van der Waals surface area (Å²) in [5.74, 6) is -2.19. The van der Waals surface area contributed by atoms with Crippen LogP contribution in [0, 0.1) is 5.92 Å². The predicted molar refractivity (Wildman–Crippen MR) is 90.4 cm³/mol. The van der Waals surface area contributed by atoms with Crippen molar-refractivity contribution < 1.29 is 24.3 Å². The number of likely N-dealkylation sites (tertiary alicyclic amines) is 1. The number of nitrogens with zero attached hydrogens (tertiary/aromatic N) is 1. The molecule has 1 aliphatic rings. The van der Waals surface area contributed by atoms with E-state index in [0.29, 0.717) is 25.8 Å². The quantitative estimate of drug-likeness (QED) is 0.442. The van der Waals surface area contributed by atoms with Crippen molar-refractivity contribution in [2.75, 3.05) is 13.1 Å². The van der Waals surface area contributed by atoms with Crippen molar-refractivity contribution in [2.45, 2.75) is 58.2 Å². The van der Waals surface area contributed by atoms with E-state index in [9.17, 15) is 19.2 Å². The van der Waals surface area contributed by atoms with Gasteiger partial charge in [-0.1, -0.05) is 13.8 Å². The van der Waals surface area contributed by atoms with E-state index >= 15 is 0 Å². The summed E-state index contributed by atoms with van der Waals surface area (Å²) in [5.41, 5.74) is 5.75. The lowest BCUT2D eigenvalue weighted by atomic mass is 10.0. The van der Waals surface area contributed by atoms with Crippen LogP contribution in [-0.4, -0.2) is 64.9 Å². The molecule has 0 bridgehead atoms. The summed E-state index contributed by atoms with van der Waals surface area (Å²) in [4.78, 5) is 48.3. The molecule has 0 radical (unpaired) electrons. The van der Waals surface area contributed by atoms with Crippen molar-refractivity contribution in [1.82, 2.24) is 15.5 Å². The molecule has 3 amide bonds. The average molecular weight is 356 g/mol. The number of amides is 3. The first kappa shape index (κ1) is 20.9. The second-order valence-electron chi connectivity index (χ2n) is 6.77. The molecule has 3 atom stereocenters. The van der Waals surface area contributed by atoms with Crippen LogP contribution in [-0.2, 0) is 19.2 Å². The Morgan fingerprint density at radius 3 is 2.40 bits per heavy atom. The Kier molecular flexibility index (Phi) is 7.82. The number of carbonyl (C=O) groups excluding carboxylic acids is 3. The number of hydrogen-bond acceptors (Lipinski definition) is 5. The Balaban J connectivity index is 2.44. The minimum atomic E-state index is -1.04. The van der Waals surface area contributed by atoms with Crippen LogP contribution in [0.25, 0.3) is 0 Å². The molecule has 0 spiro atoms. The minimum absolute atomic E-state index is 0.255. The smallest absolute Gasteiger partial charge is 0.326 e. The highest BCUT2D eigenvalue weighted by Crippen LogP contribution is 2.17. The van der Waals surface area contributed by atoms with E-state index < -0.39 is 41.8 Å². The van der Waals surface area contributed by atoms with Crippen LogP contribution in [0.15, 0.2) is 0 Å². The number of carboxylic acids is 1. The highest BCUT2D eigenvalue weighted by atomic mass is 16.4. The summed E-state index contributed by atoms with van der Waals surface area (Å²) >= 11 is 0. The van der Waals surface area contributed by atoms with Gasteiger partial charge >= 0.3 is 5.97 Å². The predicted octanol–water partition coefficient (Wildman–Crippen LogP) is -0.944. The second kappa shape index (κ2) is 9.36. The van der Waals surface area contributed by atoms with Crippen LogP contribution >= 0.6 is 0 Å². The van der Waals surface area contributed by atoms with Crippen LogP contribution in [0.4, 0.5) is 0 Å². The molecule has 0 saturated carbocycles. The zero-order valence-electron chi connectivity index (χ0n) is 14.9. The molecule has 9 heteroatoms. The van der Waals surface area contributed by atoms with E-state index in [1.807, 2.05) is 13.8 Å². The number of rotatable bonds is 8. The summed E-state index contributed by atoms with van der Waals surface area (Å²) < 4.78 is 0. The van der Waals surface area contributed by atoms with Crippen molar-refractivity contribution in [3.05, 3.63) is 0 Å². The lowest BCUT2D eigenvalue weighted by Gasteiger charge is -2.22. The maximum Gasteiger partial charge on any atom is 0.326 e. The summed E-state index contributed by atoms with van der Waals surface area (Å²) in [7, 11) is 0. The first-order chi connectivity index (χ1) is 11.6. The van der Waals surface area contributed by atoms with Gasteiger partial charge in [-0.3, -0.25) is 14.4 Å². The lowest BCUT2D eigenvalue weighted by Crippen LogP contribution is -2.52. The third-order valence-electron chi connectivity index (χ3n) is 4.09. The van der Waals surface area contributed by atoms with Gasteiger partial charge in [0.05, 0.1) is 12.6 Å². The summed E-state index contributed by atoms with van der Waals surface area (Å²) in [6.45, 7) is 5.44. The van der Waals surface area contributed by atoms with Gasteiger partial charge in [0.2, 0.25) is 17.7 Å². The molecule has 5 N–H and O–H groups in total. The Morgan fingerprint density at radius 1 is 1.20 bits per heavy atom. The largest absolute Gasteiger partial charge is 0.480 e. The van der Waals surface area contributed by atoms with Crippen LogP contribution in [0.1, 0.15) is 40.0 Å². The van der Waals surface area contributed by atoms with Crippen molar-refractivity contribution in [1.29, 1.82) is 0 Å². The van der Waals surface area contributed by atoms with Gasteiger partial charge in [0.1, 0.15) is 12.1 Å². The topological polar surface area (TPSA) is 142 Å². The standard InChI is InChI=1S/C16H28N4O5/c1-9(2)7-11(17)15(23)19-10(3)14(22)18-8-13(21)20-6-4-5-12(20)16(24)25/h9-12H,4-8,17H2,1-3H3,(H,18,22)(H,19,23)(H,24,25)/t10-,11-,12-/m0/s1. The molecule has 0 aromatic rings. The molecule has 25 heavy (non-hydrogen) atoms. The third-order valence-corrected chi connectivity index (χ3v) is 4.09. The normalized spacial score (nSPS) is 19.4. The second-order valence-corrected chi connectivity index (χ2v) is 6.77. The zero-order chi connectivity index (χ0) is 19.1. The van der Waals surface area contributed by atoms with Crippen molar-refractivity contribution in [2.24, 2.45) is 11.7 Å². The number of nitrogens with one attached hydrogen (secondary N) is 2. The van der Waals surface area contributed by atoms with E-state index in [0.717, 1.165) is 0 Å². The van der Waals surface area contributed by atoms with Crippen molar-refractivity contribution in [3.63, 3.8) is 0 Å². The van der Waals surface area contributed by atoms with Gasteiger partial charge in [-0.15, -0.1) is 0 Å². The third kappa shape index (κ3) is 6.33. The van der Waals surface area contributed by atoms with Crippen LogP contribution in [0.3, 0.4) is 0 Å². The molecule has 1 saturated heterocycles. The van der Waals surface area contributed by atoms with E-state index in [1.54, 1.807) is 0 Å². The SMILES string of the molecule is CC(C)C[C@H](N)C(=O)N[C@@H](C)C(=O)NCC(=O)N1CCC[C@H]1C(=O)O. The molecule has 142 valence electrons. The molecule has 1 fully saturated rings. The molecule has 1 aliphatic heterocycles. The molecule has 0 aromatic heterocycles. The van der Waals surface area contributed by atoms with Gasteiger partial charge in [-0.25, -0.2) is 4.79 Å². The molecule has 9 nitrogen and oxygen atoms in total. The average Bonchev–Trinajstić information content (AvgIpc) is 3.01. The molecule has 1 rings (SSSR count). The fourth-order valence-corrected chi connectivity index (χ4v) is 2.74. The van der Waals surface area contributed by atoms with Crippen LogP contribution in [0.2, 0.25) is 0 Å². The maximum atomic E-state index is 12.1. The zero-order valence-corrected chi connectivity index (χ0v) is 14.9. The van der Waals surface area contributed by atoms with E-state index in [-0.39, 0.29) is 12.5 Å². The van der Waals surface area contributed by atoms with Crippen LogP contribution in [0.5, 0.6) is 0 Å². The van der Waals surface area contributed by atoms with Gasteiger partial charge in [0.25, 0.3) is 0 Å². The summed E-state index contributed by atoms with van der Waals surface area (Å²) in [6.07, 6.45) is 1.54. The number of carbonyl (C=O) groups is 4. The van der Waals surface area contributed by atoms with Gasteiger partial charge in [-0.05, 0) is 32.1 Å². The summed E-state index contributed by atoms with van der Waals surface area (Å²) in [5, 5.41) is 14.0. The lowest BCUT2D eigenvalue weighted by molar-refractivity contribution is -0.148. The van der Waals surface area contributed by atoms with Crippen molar-refractivity contribution >= 4 is 23.7 Å².